The molecule has 2 nitrogen and oxygen atoms in total. The van der Waals surface area contributed by atoms with Crippen LogP contribution in [0.1, 0.15) is 45.4 Å². The van der Waals surface area contributed by atoms with Crippen LogP contribution in [0.15, 0.2) is 12.7 Å². The van der Waals surface area contributed by atoms with E-state index in [0.717, 1.165) is 13.0 Å². The van der Waals surface area contributed by atoms with Crippen molar-refractivity contribution >= 4 is 0 Å². The van der Waals surface area contributed by atoms with E-state index in [4.69, 9.17) is 0 Å². The van der Waals surface area contributed by atoms with E-state index in [2.05, 4.69) is 43.9 Å². The van der Waals surface area contributed by atoms with Crippen molar-refractivity contribution in [3.05, 3.63) is 12.7 Å². The zero-order valence-electron chi connectivity index (χ0n) is 11.3. The van der Waals surface area contributed by atoms with Gasteiger partial charge in [0, 0.05) is 11.6 Å². The summed E-state index contributed by atoms with van der Waals surface area (Å²) >= 11 is 0. The van der Waals surface area contributed by atoms with Crippen molar-refractivity contribution in [2.75, 3.05) is 20.6 Å². The van der Waals surface area contributed by atoms with E-state index < -0.39 is 0 Å². The van der Waals surface area contributed by atoms with Crippen molar-refractivity contribution < 1.29 is 0 Å². The summed E-state index contributed by atoms with van der Waals surface area (Å²) < 4.78 is 0. The lowest BCUT2D eigenvalue weighted by Gasteiger charge is -2.48. The number of hydrogen-bond donors (Lipinski definition) is 1. The first-order chi connectivity index (χ1) is 7.67. The quantitative estimate of drug-likeness (QED) is 0.698. The zero-order chi connectivity index (χ0) is 12.0. The van der Waals surface area contributed by atoms with Crippen molar-refractivity contribution in [1.82, 2.24) is 10.2 Å². The van der Waals surface area contributed by atoms with Crippen molar-refractivity contribution in [2.45, 2.75) is 57.0 Å². The lowest BCUT2D eigenvalue weighted by molar-refractivity contribution is 0.0585. The summed E-state index contributed by atoms with van der Waals surface area (Å²) in [6.45, 7) is 7.16. The average Bonchev–Trinajstić information content (AvgIpc) is 2.29. The highest BCUT2D eigenvalue weighted by Crippen LogP contribution is 2.36. The van der Waals surface area contributed by atoms with E-state index in [9.17, 15) is 0 Å². The molecule has 1 unspecified atom stereocenters. The fourth-order valence-electron chi connectivity index (χ4n) is 3.18. The van der Waals surface area contributed by atoms with Crippen molar-refractivity contribution in [2.24, 2.45) is 0 Å². The second kappa shape index (κ2) is 6.41. The van der Waals surface area contributed by atoms with Crippen LogP contribution in [0.3, 0.4) is 0 Å². The molecule has 1 rings (SSSR count). The fraction of sp³-hybridized carbons (Fsp3) is 0.857. The third-order valence-electron chi connectivity index (χ3n) is 4.11. The normalized spacial score (nSPS) is 22.0. The molecule has 1 saturated carbocycles. The number of rotatable bonds is 6. The largest absolute Gasteiger partial charge is 0.312 e. The molecule has 1 atom stereocenters. The SMILES string of the molecule is C=CCC(NCC)C1(N(C)C)CCCCC1. The van der Waals surface area contributed by atoms with Crippen molar-refractivity contribution in [3.8, 4) is 0 Å². The molecule has 0 heterocycles. The number of nitrogens with one attached hydrogen (secondary N) is 1. The van der Waals surface area contributed by atoms with Crippen LogP contribution in [0.2, 0.25) is 0 Å². The summed E-state index contributed by atoms with van der Waals surface area (Å²) in [6.07, 6.45) is 9.94. The molecule has 1 N–H and O–H groups in total. The van der Waals surface area contributed by atoms with Crippen LogP contribution in [0.25, 0.3) is 0 Å². The molecule has 16 heavy (non-hydrogen) atoms. The molecule has 0 aromatic carbocycles. The van der Waals surface area contributed by atoms with Gasteiger partial charge in [0.05, 0.1) is 0 Å². The van der Waals surface area contributed by atoms with E-state index in [0.29, 0.717) is 11.6 Å². The Morgan fingerprint density at radius 1 is 1.31 bits per heavy atom. The Morgan fingerprint density at radius 2 is 1.94 bits per heavy atom. The van der Waals surface area contributed by atoms with Gasteiger partial charge in [-0.05, 0) is 39.9 Å². The molecule has 0 saturated heterocycles. The van der Waals surface area contributed by atoms with Crippen LogP contribution >= 0.6 is 0 Å². The van der Waals surface area contributed by atoms with Crippen LogP contribution in [-0.2, 0) is 0 Å². The van der Waals surface area contributed by atoms with Gasteiger partial charge in [-0.3, -0.25) is 0 Å². The highest BCUT2D eigenvalue weighted by atomic mass is 15.2. The Morgan fingerprint density at radius 3 is 2.38 bits per heavy atom. The van der Waals surface area contributed by atoms with Gasteiger partial charge in [0.2, 0.25) is 0 Å². The molecule has 1 aliphatic rings. The van der Waals surface area contributed by atoms with Crippen LogP contribution in [-0.4, -0.2) is 37.1 Å². The lowest BCUT2D eigenvalue weighted by atomic mass is 9.74. The number of nitrogens with zero attached hydrogens (tertiary/aromatic N) is 1. The molecule has 1 fully saturated rings. The van der Waals surface area contributed by atoms with Crippen molar-refractivity contribution in [1.29, 1.82) is 0 Å². The zero-order valence-corrected chi connectivity index (χ0v) is 11.3. The Kier molecular flexibility index (Phi) is 5.50. The minimum Gasteiger partial charge on any atom is -0.312 e. The summed E-state index contributed by atoms with van der Waals surface area (Å²) in [5, 5.41) is 3.66. The fourth-order valence-corrected chi connectivity index (χ4v) is 3.18. The molecule has 1 aliphatic carbocycles. The monoisotopic (exact) mass is 224 g/mol. The Balaban J connectivity index is 2.82. The minimum absolute atomic E-state index is 0.350. The van der Waals surface area contributed by atoms with Gasteiger partial charge >= 0.3 is 0 Å². The third-order valence-corrected chi connectivity index (χ3v) is 4.11. The van der Waals surface area contributed by atoms with Gasteiger partial charge in [0.1, 0.15) is 0 Å². The molecular weight excluding hydrogens is 196 g/mol. The standard InChI is InChI=1S/C14H28N2/c1-5-10-13(15-6-2)14(16(3)4)11-8-7-9-12-14/h5,13,15H,1,6-12H2,2-4H3. The van der Waals surface area contributed by atoms with Gasteiger partial charge in [-0.1, -0.05) is 32.3 Å². The van der Waals surface area contributed by atoms with Gasteiger partial charge in [-0.2, -0.15) is 0 Å². The van der Waals surface area contributed by atoms with Gasteiger partial charge < -0.3 is 10.2 Å². The Labute approximate surface area is 101 Å². The highest BCUT2D eigenvalue weighted by molar-refractivity contribution is 5.02. The Bertz CT molecular complexity index is 205. The van der Waals surface area contributed by atoms with Gasteiger partial charge in [0.25, 0.3) is 0 Å². The summed E-state index contributed by atoms with van der Waals surface area (Å²) in [4.78, 5) is 2.45. The average molecular weight is 224 g/mol. The third kappa shape index (κ3) is 2.86. The van der Waals surface area contributed by atoms with E-state index in [-0.39, 0.29) is 0 Å². The molecular formula is C14H28N2. The molecule has 0 aliphatic heterocycles. The molecule has 2 heteroatoms. The second-order valence-electron chi connectivity index (χ2n) is 5.19. The van der Waals surface area contributed by atoms with Gasteiger partial charge in [-0.15, -0.1) is 6.58 Å². The first kappa shape index (κ1) is 13.7. The molecule has 0 aromatic rings. The highest BCUT2D eigenvalue weighted by Gasteiger charge is 2.40. The second-order valence-corrected chi connectivity index (χ2v) is 5.19. The number of likely N-dealkylation sites (N-methyl/N-ethyl adjacent to an activating group) is 2. The topological polar surface area (TPSA) is 15.3 Å². The predicted octanol–water partition coefficient (Wildman–Crippen LogP) is 2.81. The molecule has 0 amide bonds. The molecule has 0 spiro atoms. The summed E-state index contributed by atoms with van der Waals surface area (Å²) in [6, 6.07) is 0.560. The first-order valence-electron chi connectivity index (χ1n) is 6.69. The minimum atomic E-state index is 0.350. The van der Waals surface area contributed by atoms with E-state index in [1.54, 1.807) is 0 Å². The molecule has 0 bridgehead atoms. The Hall–Kier alpha value is -0.340. The molecule has 94 valence electrons. The predicted molar refractivity (Wildman–Crippen MR) is 71.8 cm³/mol. The number of hydrogen-bond acceptors (Lipinski definition) is 2. The van der Waals surface area contributed by atoms with Gasteiger partial charge in [0.15, 0.2) is 0 Å². The summed E-state index contributed by atoms with van der Waals surface area (Å²) in [5.74, 6) is 0. The lowest BCUT2D eigenvalue weighted by Crippen LogP contribution is -2.59. The van der Waals surface area contributed by atoms with E-state index in [1.807, 2.05) is 0 Å². The van der Waals surface area contributed by atoms with E-state index >= 15 is 0 Å². The summed E-state index contributed by atoms with van der Waals surface area (Å²) in [5.41, 5.74) is 0.350. The maximum absolute atomic E-state index is 3.91. The molecule has 0 radical (unpaired) electrons. The van der Waals surface area contributed by atoms with Crippen LogP contribution in [0.5, 0.6) is 0 Å². The maximum Gasteiger partial charge on any atom is 0.0359 e. The maximum atomic E-state index is 3.91. The van der Waals surface area contributed by atoms with Gasteiger partial charge in [-0.25, -0.2) is 0 Å². The van der Waals surface area contributed by atoms with Crippen LogP contribution in [0.4, 0.5) is 0 Å². The van der Waals surface area contributed by atoms with Crippen molar-refractivity contribution in [3.63, 3.8) is 0 Å². The summed E-state index contributed by atoms with van der Waals surface area (Å²) in [7, 11) is 4.47. The smallest absolute Gasteiger partial charge is 0.0359 e. The van der Waals surface area contributed by atoms with Crippen LogP contribution in [0, 0.1) is 0 Å². The molecule has 0 aromatic heterocycles. The first-order valence-corrected chi connectivity index (χ1v) is 6.69. The van der Waals surface area contributed by atoms with Crippen LogP contribution < -0.4 is 5.32 Å². The van der Waals surface area contributed by atoms with E-state index in [1.165, 1.54) is 32.1 Å².